The van der Waals surface area contributed by atoms with Crippen LogP contribution in [0.2, 0.25) is 0 Å². The van der Waals surface area contributed by atoms with Crippen molar-refractivity contribution in [2.75, 3.05) is 24.7 Å². The van der Waals surface area contributed by atoms with Crippen LogP contribution in [-0.4, -0.2) is 29.7 Å². The fourth-order valence-corrected chi connectivity index (χ4v) is 3.14. The van der Waals surface area contributed by atoms with Crippen LogP contribution in [0.4, 0.5) is 10.2 Å². The third kappa shape index (κ3) is 3.52. The van der Waals surface area contributed by atoms with Crippen molar-refractivity contribution < 1.29 is 13.9 Å². The summed E-state index contributed by atoms with van der Waals surface area (Å²) >= 11 is 0. The summed E-state index contributed by atoms with van der Waals surface area (Å²) in [5.74, 6) is 1.58. The second-order valence-corrected chi connectivity index (χ2v) is 5.92. The van der Waals surface area contributed by atoms with Crippen molar-refractivity contribution in [3.8, 4) is 11.5 Å². The molecule has 2 heterocycles. The lowest BCUT2D eigenvalue weighted by atomic mass is 9.98. The van der Waals surface area contributed by atoms with E-state index < -0.39 is 0 Å². The number of hydrogen-bond acceptors (Lipinski definition) is 5. The molecule has 6 heteroatoms. The maximum Gasteiger partial charge on any atom is 0.187 e. The van der Waals surface area contributed by atoms with Gasteiger partial charge in [0.15, 0.2) is 23.1 Å². The maximum atomic E-state index is 14.6. The summed E-state index contributed by atoms with van der Waals surface area (Å²) in [6, 6.07) is 4.06. The summed E-state index contributed by atoms with van der Waals surface area (Å²) < 4.78 is 26.0. The normalized spacial score (nSPS) is 13.5. The summed E-state index contributed by atoms with van der Waals surface area (Å²) in [4.78, 5) is 10.2. The van der Waals surface area contributed by atoms with Crippen molar-refractivity contribution in [1.82, 2.24) is 9.97 Å². The van der Waals surface area contributed by atoms with Gasteiger partial charge in [-0.15, -0.1) is 0 Å². The highest BCUT2D eigenvalue weighted by Crippen LogP contribution is 2.35. The van der Waals surface area contributed by atoms with E-state index in [1.807, 2.05) is 31.7 Å². The zero-order chi connectivity index (χ0) is 17.8. The van der Waals surface area contributed by atoms with Gasteiger partial charge in [0.25, 0.3) is 0 Å². The van der Waals surface area contributed by atoms with Gasteiger partial charge in [0.2, 0.25) is 0 Å². The van der Waals surface area contributed by atoms with Crippen molar-refractivity contribution in [1.29, 1.82) is 0 Å². The van der Waals surface area contributed by atoms with Crippen LogP contribution in [0.5, 0.6) is 11.5 Å². The second kappa shape index (κ2) is 7.68. The van der Waals surface area contributed by atoms with E-state index in [9.17, 15) is 4.39 Å². The molecular weight excluding hydrogens is 321 g/mol. The summed E-state index contributed by atoms with van der Waals surface area (Å²) in [5, 5.41) is 0. The van der Waals surface area contributed by atoms with Crippen LogP contribution in [0.1, 0.15) is 37.6 Å². The number of ether oxygens (including phenoxy) is 2. The molecule has 25 heavy (non-hydrogen) atoms. The molecule has 5 nitrogen and oxygen atoms in total. The molecule has 1 aromatic heterocycles. The van der Waals surface area contributed by atoms with E-state index in [0.717, 1.165) is 23.5 Å². The van der Waals surface area contributed by atoms with Crippen LogP contribution in [0.25, 0.3) is 0 Å². The van der Waals surface area contributed by atoms with E-state index in [0.29, 0.717) is 44.2 Å². The number of aryl methyl sites for hydroxylation is 1. The van der Waals surface area contributed by atoms with Gasteiger partial charge in [0, 0.05) is 13.1 Å². The number of nitrogens with zero attached hydrogens (tertiary/aromatic N) is 3. The molecule has 0 aliphatic carbocycles. The molecule has 0 spiro atoms. The Kier molecular flexibility index (Phi) is 5.36. The number of anilines is 1. The standard InChI is InChI=1S/C19H24FN3O2/c1-4-15-18(20)19(22-12-21-15)23-8-7-13-9-16(24-5-2)17(25-6-3)10-14(13)11-23/h9-10,12H,4-8,11H2,1-3H3. The topological polar surface area (TPSA) is 47.5 Å². The molecule has 0 N–H and O–H groups in total. The SMILES string of the molecule is CCOc1cc2c(cc1OCC)CN(c1ncnc(CC)c1F)CC2. The molecule has 0 radical (unpaired) electrons. The molecule has 0 fully saturated rings. The molecule has 0 amide bonds. The van der Waals surface area contributed by atoms with E-state index in [2.05, 4.69) is 16.0 Å². The number of rotatable bonds is 6. The first-order valence-corrected chi connectivity index (χ1v) is 8.83. The van der Waals surface area contributed by atoms with E-state index in [4.69, 9.17) is 9.47 Å². The maximum absolute atomic E-state index is 14.6. The number of hydrogen-bond donors (Lipinski definition) is 0. The number of benzene rings is 1. The Bertz CT molecular complexity index is 752. The van der Waals surface area contributed by atoms with Crippen molar-refractivity contribution in [3.05, 3.63) is 41.1 Å². The second-order valence-electron chi connectivity index (χ2n) is 5.92. The largest absolute Gasteiger partial charge is 0.490 e. The van der Waals surface area contributed by atoms with Crippen LogP contribution >= 0.6 is 0 Å². The van der Waals surface area contributed by atoms with Crippen molar-refractivity contribution in [3.63, 3.8) is 0 Å². The van der Waals surface area contributed by atoms with Crippen LogP contribution in [0, 0.1) is 5.82 Å². The molecule has 0 unspecified atom stereocenters. The third-order valence-electron chi connectivity index (χ3n) is 4.36. The lowest BCUT2D eigenvalue weighted by molar-refractivity contribution is 0.287. The highest BCUT2D eigenvalue weighted by molar-refractivity contribution is 5.52. The smallest absolute Gasteiger partial charge is 0.187 e. The van der Waals surface area contributed by atoms with Gasteiger partial charge in [-0.25, -0.2) is 14.4 Å². The Morgan fingerprint density at radius 1 is 1.04 bits per heavy atom. The number of halogens is 1. The monoisotopic (exact) mass is 345 g/mol. The van der Waals surface area contributed by atoms with E-state index in [1.165, 1.54) is 11.9 Å². The quantitative estimate of drug-likeness (QED) is 0.801. The van der Waals surface area contributed by atoms with Crippen LogP contribution < -0.4 is 14.4 Å². The average molecular weight is 345 g/mol. The summed E-state index contributed by atoms with van der Waals surface area (Å²) in [5.41, 5.74) is 2.79. The number of aromatic nitrogens is 2. The van der Waals surface area contributed by atoms with Crippen molar-refractivity contribution in [2.24, 2.45) is 0 Å². The van der Waals surface area contributed by atoms with E-state index in [1.54, 1.807) is 0 Å². The Morgan fingerprint density at radius 2 is 1.72 bits per heavy atom. The summed E-state index contributed by atoms with van der Waals surface area (Å²) in [7, 11) is 0. The van der Waals surface area contributed by atoms with Crippen LogP contribution in [0.3, 0.4) is 0 Å². The third-order valence-corrected chi connectivity index (χ3v) is 4.36. The van der Waals surface area contributed by atoms with Gasteiger partial charge in [-0.2, -0.15) is 0 Å². The van der Waals surface area contributed by atoms with E-state index >= 15 is 0 Å². The Labute approximate surface area is 147 Å². The molecule has 1 aliphatic rings. The first-order valence-electron chi connectivity index (χ1n) is 8.83. The fraction of sp³-hybridized carbons (Fsp3) is 0.474. The fourth-order valence-electron chi connectivity index (χ4n) is 3.14. The van der Waals surface area contributed by atoms with Gasteiger partial charge in [0.1, 0.15) is 6.33 Å². The molecule has 1 aromatic carbocycles. The Morgan fingerprint density at radius 3 is 2.36 bits per heavy atom. The molecule has 2 aromatic rings. The molecule has 0 saturated heterocycles. The van der Waals surface area contributed by atoms with Gasteiger partial charge >= 0.3 is 0 Å². The average Bonchev–Trinajstić information content (AvgIpc) is 2.62. The van der Waals surface area contributed by atoms with Crippen molar-refractivity contribution in [2.45, 2.75) is 40.2 Å². The predicted molar refractivity (Wildman–Crippen MR) is 94.9 cm³/mol. The van der Waals surface area contributed by atoms with Gasteiger partial charge in [-0.05, 0) is 49.9 Å². The molecule has 1 aliphatic heterocycles. The zero-order valence-corrected chi connectivity index (χ0v) is 15.0. The molecule has 0 atom stereocenters. The lowest BCUT2D eigenvalue weighted by Gasteiger charge is -2.31. The minimum absolute atomic E-state index is 0.315. The van der Waals surface area contributed by atoms with Gasteiger partial charge in [0.05, 0.1) is 18.9 Å². The Hall–Kier alpha value is -2.37. The molecule has 3 rings (SSSR count). The van der Waals surface area contributed by atoms with Crippen LogP contribution in [-0.2, 0) is 19.4 Å². The first kappa shape index (κ1) is 17.5. The minimum Gasteiger partial charge on any atom is -0.490 e. The van der Waals surface area contributed by atoms with E-state index in [-0.39, 0.29) is 5.82 Å². The highest BCUT2D eigenvalue weighted by atomic mass is 19.1. The zero-order valence-electron chi connectivity index (χ0n) is 15.0. The van der Waals surface area contributed by atoms with Gasteiger partial charge < -0.3 is 14.4 Å². The predicted octanol–water partition coefficient (Wildman–Crippen LogP) is 3.54. The van der Waals surface area contributed by atoms with Gasteiger partial charge in [-0.3, -0.25) is 0 Å². The minimum atomic E-state index is -0.315. The summed E-state index contributed by atoms with van der Waals surface area (Å²) in [6.07, 6.45) is 2.81. The first-order chi connectivity index (χ1) is 12.2. The molecular formula is C19H24FN3O2. The molecule has 0 saturated carbocycles. The lowest BCUT2D eigenvalue weighted by Crippen LogP contribution is -2.32. The Balaban J connectivity index is 1.91. The van der Waals surface area contributed by atoms with Crippen LogP contribution in [0.15, 0.2) is 18.5 Å². The summed E-state index contributed by atoms with van der Waals surface area (Å²) in [6.45, 7) is 8.27. The molecule has 134 valence electrons. The number of fused-ring (bicyclic) bond motifs is 1. The van der Waals surface area contributed by atoms with Crippen molar-refractivity contribution >= 4 is 5.82 Å². The highest BCUT2D eigenvalue weighted by Gasteiger charge is 2.23. The van der Waals surface area contributed by atoms with Gasteiger partial charge in [-0.1, -0.05) is 6.92 Å². The molecule has 0 bridgehead atoms.